The van der Waals surface area contributed by atoms with Gasteiger partial charge in [-0.2, -0.15) is 0 Å². The monoisotopic (exact) mass is 241 g/mol. The van der Waals surface area contributed by atoms with E-state index < -0.39 is 0 Å². The second-order valence-electron chi connectivity index (χ2n) is 4.12. The van der Waals surface area contributed by atoms with Crippen molar-refractivity contribution in [3.8, 4) is 0 Å². The molecule has 0 saturated carbocycles. The molecule has 0 aliphatic carbocycles. The van der Waals surface area contributed by atoms with Crippen molar-refractivity contribution in [1.29, 1.82) is 0 Å². The zero-order valence-corrected chi connectivity index (χ0v) is 11.2. The molecule has 0 spiro atoms. The molecule has 0 amide bonds. The number of aryl methyl sites for hydroxylation is 1. The predicted molar refractivity (Wildman–Crippen MR) is 70.5 cm³/mol. The summed E-state index contributed by atoms with van der Waals surface area (Å²) >= 11 is 0. The number of halogens is 1. The maximum atomic E-state index is 12.1. The van der Waals surface area contributed by atoms with E-state index in [9.17, 15) is 4.79 Å². The molecule has 90 valence electrons. The number of rotatable bonds is 4. The molecule has 0 saturated heterocycles. The predicted octanol–water partition coefficient (Wildman–Crippen LogP) is 2.94. The Hall–Kier alpha value is -0.860. The van der Waals surface area contributed by atoms with Crippen LogP contribution in [0, 0.1) is 6.92 Å². The van der Waals surface area contributed by atoms with Gasteiger partial charge in [0.1, 0.15) is 0 Å². The van der Waals surface area contributed by atoms with E-state index in [0.29, 0.717) is 0 Å². The van der Waals surface area contributed by atoms with Crippen LogP contribution in [-0.2, 0) is 0 Å². The number of nitrogens with zero attached hydrogens (tertiary/aromatic N) is 1. The van der Waals surface area contributed by atoms with E-state index in [1.54, 1.807) is 0 Å². The highest BCUT2D eigenvalue weighted by Crippen LogP contribution is 2.11. The van der Waals surface area contributed by atoms with Gasteiger partial charge in [-0.15, -0.1) is 12.4 Å². The summed E-state index contributed by atoms with van der Waals surface area (Å²) in [5, 5.41) is 0. The van der Waals surface area contributed by atoms with Crippen LogP contribution in [0.4, 0.5) is 0 Å². The van der Waals surface area contributed by atoms with E-state index >= 15 is 0 Å². The number of Topliss-reactive ketones (excluding diaryl/α,β-unsaturated/α-hetero) is 1. The third kappa shape index (κ3) is 3.62. The normalized spacial score (nSPS) is 12.1. The fourth-order valence-corrected chi connectivity index (χ4v) is 1.70. The van der Waals surface area contributed by atoms with Crippen LogP contribution in [-0.4, -0.2) is 30.8 Å². The van der Waals surface area contributed by atoms with Gasteiger partial charge in [-0.3, -0.25) is 9.69 Å². The summed E-state index contributed by atoms with van der Waals surface area (Å²) in [6.45, 7) is 4.06. The standard InChI is InChI=1S/C13H19NO.ClH/c1-5-12(14(3)4)13(15)11-8-6-10(2)7-9-11;/h6-9,12H,5H2,1-4H3;1H. The molecule has 0 fully saturated rings. The van der Waals surface area contributed by atoms with Gasteiger partial charge in [-0.25, -0.2) is 0 Å². The molecule has 1 rings (SSSR count). The zero-order chi connectivity index (χ0) is 11.4. The minimum absolute atomic E-state index is 0. The molecule has 0 aliphatic rings. The summed E-state index contributed by atoms with van der Waals surface area (Å²) in [4.78, 5) is 14.1. The van der Waals surface area contributed by atoms with Crippen LogP contribution < -0.4 is 0 Å². The second kappa shape index (κ2) is 6.66. The molecule has 0 radical (unpaired) electrons. The highest BCUT2D eigenvalue weighted by Gasteiger charge is 2.19. The third-order valence-corrected chi connectivity index (χ3v) is 2.65. The lowest BCUT2D eigenvalue weighted by Crippen LogP contribution is -2.35. The topological polar surface area (TPSA) is 20.3 Å². The lowest BCUT2D eigenvalue weighted by molar-refractivity contribution is 0.0871. The molecule has 0 N–H and O–H groups in total. The molecule has 3 heteroatoms. The summed E-state index contributed by atoms with van der Waals surface area (Å²) in [5.74, 6) is 0.211. The quantitative estimate of drug-likeness (QED) is 0.756. The van der Waals surface area contributed by atoms with E-state index in [0.717, 1.165) is 12.0 Å². The number of carbonyl (C=O) groups is 1. The van der Waals surface area contributed by atoms with Gasteiger partial charge in [-0.05, 0) is 27.4 Å². The minimum Gasteiger partial charge on any atom is -0.299 e. The Morgan fingerprint density at radius 1 is 1.25 bits per heavy atom. The average molecular weight is 242 g/mol. The van der Waals surface area contributed by atoms with Gasteiger partial charge in [-0.1, -0.05) is 36.8 Å². The Bertz CT molecular complexity index is 332. The molecular formula is C13H20ClNO. The first-order valence-corrected chi connectivity index (χ1v) is 5.33. The third-order valence-electron chi connectivity index (χ3n) is 2.65. The summed E-state index contributed by atoms with van der Waals surface area (Å²) in [6, 6.07) is 7.77. The molecule has 1 aromatic rings. The molecule has 16 heavy (non-hydrogen) atoms. The van der Waals surface area contributed by atoms with Crippen LogP contribution in [0.1, 0.15) is 29.3 Å². The summed E-state index contributed by atoms with van der Waals surface area (Å²) in [6.07, 6.45) is 0.847. The van der Waals surface area contributed by atoms with E-state index in [2.05, 4.69) is 0 Å². The van der Waals surface area contributed by atoms with E-state index in [-0.39, 0.29) is 24.2 Å². The highest BCUT2D eigenvalue weighted by molar-refractivity contribution is 6.00. The lowest BCUT2D eigenvalue weighted by atomic mass is 10.0. The molecular weight excluding hydrogens is 222 g/mol. The van der Waals surface area contributed by atoms with Gasteiger partial charge in [0.25, 0.3) is 0 Å². The van der Waals surface area contributed by atoms with Gasteiger partial charge in [0.2, 0.25) is 0 Å². The molecule has 0 aliphatic heterocycles. The maximum absolute atomic E-state index is 12.1. The number of ketones is 1. The Morgan fingerprint density at radius 3 is 2.12 bits per heavy atom. The number of benzene rings is 1. The van der Waals surface area contributed by atoms with Gasteiger partial charge in [0.05, 0.1) is 6.04 Å². The van der Waals surface area contributed by atoms with E-state index in [1.165, 1.54) is 5.56 Å². The number of carbonyl (C=O) groups excluding carboxylic acids is 1. The SMILES string of the molecule is CCC(C(=O)c1ccc(C)cc1)N(C)C.Cl. The lowest BCUT2D eigenvalue weighted by Gasteiger charge is -2.21. The van der Waals surface area contributed by atoms with Crippen molar-refractivity contribution in [3.63, 3.8) is 0 Å². The Balaban J connectivity index is 0.00000225. The van der Waals surface area contributed by atoms with Gasteiger partial charge in [0.15, 0.2) is 5.78 Å². The first-order valence-electron chi connectivity index (χ1n) is 5.33. The molecule has 2 nitrogen and oxygen atoms in total. The van der Waals surface area contributed by atoms with Crippen molar-refractivity contribution in [2.24, 2.45) is 0 Å². The Morgan fingerprint density at radius 2 is 1.75 bits per heavy atom. The molecule has 1 atom stereocenters. The van der Waals surface area contributed by atoms with Gasteiger partial charge in [0, 0.05) is 5.56 Å². The molecule has 1 unspecified atom stereocenters. The summed E-state index contributed by atoms with van der Waals surface area (Å²) in [5.41, 5.74) is 1.99. The first-order chi connectivity index (χ1) is 7.06. The van der Waals surface area contributed by atoms with Crippen LogP contribution >= 0.6 is 12.4 Å². The average Bonchev–Trinajstić information content (AvgIpc) is 2.19. The number of hydrogen-bond donors (Lipinski definition) is 0. The van der Waals surface area contributed by atoms with Crippen molar-refractivity contribution in [1.82, 2.24) is 4.90 Å². The first kappa shape index (κ1) is 15.1. The van der Waals surface area contributed by atoms with E-state index in [4.69, 9.17) is 0 Å². The van der Waals surface area contributed by atoms with Crippen molar-refractivity contribution in [3.05, 3.63) is 35.4 Å². The smallest absolute Gasteiger partial charge is 0.179 e. The fraction of sp³-hybridized carbons (Fsp3) is 0.462. The van der Waals surface area contributed by atoms with Gasteiger partial charge >= 0.3 is 0 Å². The van der Waals surface area contributed by atoms with Crippen LogP contribution in [0.15, 0.2) is 24.3 Å². The van der Waals surface area contributed by atoms with Crippen LogP contribution in [0.25, 0.3) is 0 Å². The van der Waals surface area contributed by atoms with Crippen molar-refractivity contribution in [2.75, 3.05) is 14.1 Å². The maximum Gasteiger partial charge on any atom is 0.179 e. The van der Waals surface area contributed by atoms with Crippen LogP contribution in [0.5, 0.6) is 0 Å². The van der Waals surface area contributed by atoms with E-state index in [1.807, 2.05) is 57.1 Å². The van der Waals surface area contributed by atoms with Crippen molar-refractivity contribution < 1.29 is 4.79 Å². The van der Waals surface area contributed by atoms with Crippen LogP contribution in [0.3, 0.4) is 0 Å². The molecule has 0 aromatic heterocycles. The van der Waals surface area contributed by atoms with Gasteiger partial charge < -0.3 is 0 Å². The van der Waals surface area contributed by atoms with Crippen molar-refractivity contribution in [2.45, 2.75) is 26.3 Å². The fourth-order valence-electron chi connectivity index (χ4n) is 1.70. The second-order valence-corrected chi connectivity index (χ2v) is 4.12. The largest absolute Gasteiger partial charge is 0.299 e. The molecule has 0 heterocycles. The Kier molecular flexibility index (Phi) is 6.31. The minimum atomic E-state index is -0.00675. The highest BCUT2D eigenvalue weighted by atomic mass is 35.5. The summed E-state index contributed by atoms with van der Waals surface area (Å²) < 4.78 is 0. The molecule has 1 aromatic carbocycles. The Labute approximate surface area is 104 Å². The molecule has 0 bridgehead atoms. The summed E-state index contributed by atoms with van der Waals surface area (Å²) in [7, 11) is 3.89. The number of likely N-dealkylation sites (N-methyl/N-ethyl adjacent to an activating group) is 1. The number of hydrogen-bond acceptors (Lipinski definition) is 2. The van der Waals surface area contributed by atoms with Crippen molar-refractivity contribution >= 4 is 18.2 Å². The van der Waals surface area contributed by atoms with Crippen LogP contribution in [0.2, 0.25) is 0 Å². The zero-order valence-electron chi connectivity index (χ0n) is 10.4.